The van der Waals surface area contributed by atoms with E-state index in [0.717, 1.165) is 16.8 Å². The average Bonchev–Trinajstić information content (AvgIpc) is 2.56. The zero-order valence-electron chi connectivity index (χ0n) is 13.9. The second-order valence-corrected chi connectivity index (χ2v) is 7.02. The summed E-state index contributed by atoms with van der Waals surface area (Å²) in [6, 6.07) is 17.4. The highest BCUT2D eigenvalue weighted by Crippen LogP contribution is 2.14. The first-order valence-electron chi connectivity index (χ1n) is 7.94. The van der Waals surface area contributed by atoms with Crippen molar-refractivity contribution in [3.63, 3.8) is 0 Å². The first-order valence-corrected chi connectivity index (χ1v) is 9.43. The predicted octanol–water partition coefficient (Wildman–Crippen LogP) is 3.50. The number of carbonyl (C=O) groups is 1. The number of nitrogens with one attached hydrogen (secondary N) is 1. The van der Waals surface area contributed by atoms with Gasteiger partial charge in [-0.2, -0.15) is 0 Å². The fraction of sp³-hybridized carbons (Fsp3) is 0.316. The van der Waals surface area contributed by atoms with Crippen LogP contribution in [0.4, 0.5) is 5.69 Å². The van der Waals surface area contributed by atoms with Gasteiger partial charge in [0.1, 0.15) is 0 Å². The number of rotatable bonds is 9. The predicted molar refractivity (Wildman–Crippen MR) is 98.2 cm³/mol. The molecular weight excluding hydrogens is 322 g/mol. The molecule has 0 radical (unpaired) electrons. The second kappa shape index (κ2) is 10.0. The Kier molecular flexibility index (Phi) is 7.65. The third-order valence-corrected chi connectivity index (χ3v) is 4.77. The van der Waals surface area contributed by atoms with Gasteiger partial charge in [0.25, 0.3) is 0 Å². The summed E-state index contributed by atoms with van der Waals surface area (Å²) in [6.45, 7) is 0.575. The second-order valence-electron chi connectivity index (χ2n) is 5.56. The van der Waals surface area contributed by atoms with Crippen LogP contribution in [0.5, 0.6) is 0 Å². The quantitative estimate of drug-likeness (QED) is 0.708. The topological polar surface area (TPSA) is 55.4 Å². The SMILES string of the molecule is COCCCC(=O)Nc1cccc(C[S@](=O)Cc2ccccc2)c1. The van der Waals surface area contributed by atoms with Gasteiger partial charge in [0.05, 0.1) is 0 Å². The van der Waals surface area contributed by atoms with Crippen LogP contribution in [0.3, 0.4) is 0 Å². The summed E-state index contributed by atoms with van der Waals surface area (Å²) in [7, 11) is 0.644. The molecule has 0 aromatic heterocycles. The lowest BCUT2D eigenvalue weighted by Crippen LogP contribution is -2.12. The molecule has 2 aromatic rings. The minimum atomic E-state index is -0.978. The zero-order valence-corrected chi connectivity index (χ0v) is 14.7. The summed E-state index contributed by atoms with van der Waals surface area (Å²) in [5.41, 5.74) is 2.77. The van der Waals surface area contributed by atoms with E-state index >= 15 is 0 Å². The van der Waals surface area contributed by atoms with Gasteiger partial charge in [-0.25, -0.2) is 0 Å². The summed E-state index contributed by atoms with van der Waals surface area (Å²) < 4.78 is 17.2. The maximum Gasteiger partial charge on any atom is 0.224 e. The molecule has 24 heavy (non-hydrogen) atoms. The molecule has 0 heterocycles. The van der Waals surface area contributed by atoms with Crippen LogP contribution >= 0.6 is 0 Å². The fourth-order valence-electron chi connectivity index (χ4n) is 2.34. The van der Waals surface area contributed by atoms with Crippen LogP contribution in [0, 0.1) is 0 Å². The number of hydrogen-bond acceptors (Lipinski definition) is 3. The monoisotopic (exact) mass is 345 g/mol. The van der Waals surface area contributed by atoms with Crippen LogP contribution in [0.15, 0.2) is 54.6 Å². The van der Waals surface area contributed by atoms with Crippen LogP contribution in [-0.4, -0.2) is 23.8 Å². The number of amides is 1. The lowest BCUT2D eigenvalue weighted by Gasteiger charge is -2.08. The lowest BCUT2D eigenvalue weighted by molar-refractivity contribution is -0.116. The summed E-state index contributed by atoms with van der Waals surface area (Å²) in [4.78, 5) is 11.8. The van der Waals surface area contributed by atoms with Gasteiger partial charge in [0, 0.05) is 48.1 Å². The van der Waals surface area contributed by atoms with Crippen molar-refractivity contribution < 1.29 is 13.7 Å². The van der Waals surface area contributed by atoms with Gasteiger partial charge >= 0.3 is 0 Å². The molecule has 0 aliphatic heterocycles. The van der Waals surface area contributed by atoms with E-state index in [4.69, 9.17) is 4.74 Å². The van der Waals surface area contributed by atoms with E-state index in [9.17, 15) is 9.00 Å². The summed E-state index contributed by atoms with van der Waals surface area (Å²) in [6.07, 6.45) is 1.13. The highest BCUT2D eigenvalue weighted by atomic mass is 32.2. The van der Waals surface area contributed by atoms with E-state index in [0.29, 0.717) is 31.0 Å². The molecule has 0 bridgehead atoms. The Balaban J connectivity index is 1.87. The van der Waals surface area contributed by atoms with Gasteiger partial charge < -0.3 is 10.1 Å². The average molecular weight is 345 g/mol. The van der Waals surface area contributed by atoms with Crippen molar-refractivity contribution >= 4 is 22.4 Å². The number of carbonyl (C=O) groups excluding carboxylic acids is 1. The molecule has 0 spiro atoms. The van der Waals surface area contributed by atoms with Crippen molar-refractivity contribution in [2.24, 2.45) is 0 Å². The molecule has 1 atom stereocenters. The Labute approximate surface area is 145 Å². The van der Waals surface area contributed by atoms with Crippen LogP contribution < -0.4 is 5.32 Å². The van der Waals surface area contributed by atoms with Crippen molar-refractivity contribution in [3.05, 3.63) is 65.7 Å². The third-order valence-electron chi connectivity index (χ3n) is 3.46. The van der Waals surface area contributed by atoms with Crippen molar-refractivity contribution in [2.45, 2.75) is 24.3 Å². The van der Waals surface area contributed by atoms with E-state index in [1.807, 2.05) is 54.6 Å². The van der Waals surface area contributed by atoms with E-state index in [-0.39, 0.29) is 5.91 Å². The van der Waals surface area contributed by atoms with E-state index in [1.165, 1.54) is 0 Å². The summed E-state index contributed by atoms with van der Waals surface area (Å²) in [5, 5.41) is 2.87. The molecule has 1 amide bonds. The Morgan fingerprint density at radius 2 is 1.75 bits per heavy atom. The highest BCUT2D eigenvalue weighted by molar-refractivity contribution is 7.83. The Bertz CT molecular complexity index is 673. The number of ether oxygens (including phenoxy) is 1. The van der Waals surface area contributed by atoms with E-state index in [1.54, 1.807) is 7.11 Å². The molecule has 4 nitrogen and oxygen atoms in total. The fourth-order valence-corrected chi connectivity index (χ4v) is 3.55. The van der Waals surface area contributed by atoms with E-state index in [2.05, 4.69) is 5.32 Å². The molecule has 5 heteroatoms. The molecule has 2 rings (SSSR count). The maximum atomic E-state index is 12.3. The van der Waals surface area contributed by atoms with Gasteiger partial charge in [0.15, 0.2) is 0 Å². The standard InChI is InChI=1S/C19H23NO3S/c1-23-12-6-11-19(21)20-18-10-5-9-17(13-18)15-24(22)14-16-7-3-2-4-8-16/h2-5,7-10,13H,6,11-12,14-15H2,1H3,(H,20,21)/t24-/m1/s1. The van der Waals surface area contributed by atoms with Crippen molar-refractivity contribution in [1.29, 1.82) is 0 Å². The molecule has 1 N–H and O–H groups in total. The van der Waals surface area contributed by atoms with Crippen LogP contribution in [0.1, 0.15) is 24.0 Å². The molecule has 128 valence electrons. The Morgan fingerprint density at radius 1 is 1.04 bits per heavy atom. The Morgan fingerprint density at radius 3 is 2.50 bits per heavy atom. The van der Waals surface area contributed by atoms with Crippen LogP contribution in [0.25, 0.3) is 0 Å². The number of methoxy groups -OCH3 is 1. The molecular formula is C19H23NO3S. The molecule has 0 fully saturated rings. The van der Waals surface area contributed by atoms with Gasteiger partial charge in [-0.3, -0.25) is 9.00 Å². The number of benzene rings is 2. The first-order chi connectivity index (χ1) is 11.7. The van der Waals surface area contributed by atoms with E-state index < -0.39 is 10.8 Å². The molecule has 0 aliphatic carbocycles. The minimum absolute atomic E-state index is 0.0328. The third kappa shape index (κ3) is 6.64. The van der Waals surface area contributed by atoms with Gasteiger partial charge in [-0.1, -0.05) is 42.5 Å². The largest absolute Gasteiger partial charge is 0.385 e. The van der Waals surface area contributed by atoms with Crippen molar-refractivity contribution in [2.75, 3.05) is 19.0 Å². The lowest BCUT2D eigenvalue weighted by atomic mass is 10.2. The van der Waals surface area contributed by atoms with Crippen LogP contribution in [0.2, 0.25) is 0 Å². The minimum Gasteiger partial charge on any atom is -0.385 e. The zero-order chi connectivity index (χ0) is 17.2. The van der Waals surface area contributed by atoms with Crippen molar-refractivity contribution in [1.82, 2.24) is 0 Å². The smallest absolute Gasteiger partial charge is 0.224 e. The Hall–Kier alpha value is -1.98. The maximum absolute atomic E-state index is 12.3. The first kappa shape index (κ1) is 18.4. The van der Waals surface area contributed by atoms with Crippen LogP contribution in [-0.2, 0) is 31.8 Å². The van der Waals surface area contributed by atoms with Gasteiger partial charge in [-0.15, -0.1) is 0 Å². The summed E-state index contributed by atoms with van der Waals surface area (Å²) >= 11 is 0. The molecule has 0 unspecified atom stereocenters. The summed E-state index contributed by atoms with van der Waals surface area (Å²) in [5.74, 6) is 0.978. The van der Waals surface area contributed by atoms with Gasteiger partial charge in [-0.05, 0) is 29.7 Å². The number of anilines is 1. The number of hydrogen-bond donors (Lipinski definition) is 1. The van der Waals surface area contributed by atoms with Crippen molar-refractivity contribution in [3.8, 4) is 0 Å². The van der Waals surface area contributed by atoms with Gasteiger partial charge in [0.2, 0.25) is 5.91 Å². The molecule has 2 aromatic carbocycles. The normalized spacial score (nSPS) is 11.9. The molecule has 0 aliphatic rings. The molecule has 0 saturated heterocycles. The highest BCUT2D eigenvalue weighted by Gasteiger charge is 2.06. The molecule has 0 saturated carbocycles.